The zero-order chi connectivity index (χ0) is 18.6. The van der Waals surface area contributed by atoms with Crippen molar-refractivity contribution in [3.8, 4) is 11.4 Å². The number of hydrogen-bond donors (Lipinski definition) is 2. The fourth-order valence-electron chi connectivity index (χ4n) is 3.04. The number of aromatic nitrogens is 2. The van der Waals surface area contributed by atoms with E-state index in [0.717, 1.165) is 36.4 Å². The zero-order valence-electron chi connectivity index (χ0n) is 15.2. The van der Waals surface area contributed by atoms with E-state index in [1.54, 1.807) is 0 Å². The highest BCUT2D eigenvalue weighted by molar-refractivity contribution is 5.99. The second-order valence-electron chi connectivity index (χ2n) is 6.79. The molecular formula is C21H22N4O2. The van der Waals surface area contributed by atoms with Crippen molar-refractivity contribution in [2.24, 2.45) is 0 Å². The Hall–Kier alpha value is -3.15. The molecule has 0 radical (unpaired) electrons. The molecular weight excluding hydrogens is 340 g/mol. The van der Waals surface area contributed by atoms with Crippen LogP contribution in [0.1, 0.15) is 43.6 Å². The molecule has 1 aromatic heterocycles. The van der Waals surface area contributed by atoms with Gasteiger partial charge in [0.25, 0.3) is 0 Å². The van der Waals surface area contributed by atoms with Gasteiger partial charge in [0.15, 0.2) is 0 Å². The Morgan fingerprint density at radius 2 is 1.89 bits per heavy atom. The normalized spacial score (nSPS) is 13.8. The van der Waals surface area contributed by atoms with E-state index in [-0.39, 0.29) is 6.03 Å². The molecule has 6 heteroatoms. The van der Waals surface area contributed by atoms with Gasteiger partial charge in [-0.25, -0.2) is 4.79 Å². The number of rotatable bonds is 5. The number of nitrogens with one attached hydrogen (secondary N) is 2. The van der Waals surface area contributed by atoms with E-state index in [0.29, 0.717) is 17.4 Å². The molecule has 2 N–H and O–H groups in total. The summed E-state index contributed by atoms with van der Waals surface area (Å²) in [4.78, 5) is 16.7. The SMILES string of the molecule is CCc1cccc(NC(=O)Nc2ccc(-c3noc(C4CCC4)n3)cc2)c1. The lowest BCUT2D eigenvalue weighted by atomic mass is 9.85. The van der Waals surface area contributed by atoms with Crippen LogP contribution in [-0.4, -0.2) is 16.2 Å². The van der Waals surface area contributed by atoms with Crippen molar-refractivity contribution in [1.82, 2.24) is 10.1 Å². The van der Waals surface area contributed by atoms with Crippen LogP contribution < -0.4 is 10.6 Å². The number of carbonyl (C=O) groups is 1. The first-order valence-electron chi connectivity index (χ1n) is 9.32. The summed E-state index contributed by atoms with van der Waals surface area (Å²) in [6.07, 6.45) is 4.41. The minimum atomic E-state index is -0.275. The zero-order valence-corrected chi connectivity index (χ0v) is 15.2. The number of benzene rings is 2. The van der Waals surface area contributed by atoms with E-state index in [1.807, 2.05) is 48.5 Å². The molecule has 1 heterocycles. The Balaban J connectivity index is 1.38. The topological polar surface area (TPSA) is 80.0 Å². The Labute approximate surface area is 158 Å². The minimum absolute atomic E-state index is 0.275. The van der Waals surface area contributed by atoms with Gasteiger partial charge in [-0.05, 0) is 61.2 Å². The molecule has 3 aromatic rings. The number of hydrogen-bond acceptors (Lipinski definition) is 4. The first-order valence-corrected chi connectivity index (χ1v) is 9.32. The highest BCUT2D eigenvalue weighted by atomic mass is 16.5. The Bertz CT molecular complexity index is 929. The van der Waals surface area contributed by atoms with Gasteiger partial charge in [0, 0.05) is 22.9 Å². The van der Waals surface area contributed by atoms with E-state index in [4.69, 9.17) is 4.52 Å². The number of nitrogens with zero attached hydrogens (tertiary/aromatic N) is 2. The van der Waals surface area contributed by atoms with Crippen LogP contribution in [0.2, 0.25) is 0 Å². The van der Waals surface area contributed by atoms with Gasteiger partial charge in [0.05, 0.1) is 0 Å². The molecule has 0 bridgehead atoms. The second kappa shape index (κ2) is 7.61. The van der Waals surface area contributed by atoms with Crippen molar-refractivity contribution in [3.63, 3.8) is 0 Å². The van der Waals surface area contributed by atoms with Crippen molar-refractivity contribution in [3.05, 3.63) is 60.0 Å². The van der Waals surface area contributed by atoms with Crippen molar-refractivity contribution < 1.29 is 9.32 Å². The van der Waals surface area contributed by atoms with Crippen LogP contribution in [0.4, 0.5) is 16.2 Å². The maximum absolute atomic E-state index is 12.2. The molecule has 0 unspecified atom stereocenters. The second-order valence-corrected chi connectivity index (χ2v) is 6.79. The predicted octanol–water partition coefficient (Wildman–Crippen LogP) is 5.21. The van der Waals surface area contributed by atoms with E-state index in [1.165, 1.54) is 12.0 Å². The molecule has 138 valence electrons. The van der Waals surface area contributed by atoms with Crippen LogP contribution >= 0.6 is 0 Å². The number of amides is 2. The lowest BCUT2D eigenvalue weighted by Gasteiger charge is -2.20. The maximum Gasteiger partial charge on any atom is 0.323 e. The van der Waals surface area contributed by atoms with Crippen molar-refractivity contribution in [2.75, 3.05) is 10.6 Å². The third-order valence-corrected chi connectivity index (χ3v) is 4.89. The fourth-order valence-corrected chi connectivity index (χ4v) is 3.04. The average molecular weight is 362 g/mol. The molecule has 0 atom stereocenters. The standard InChI is InChI=1S/C21H22N4O2/c1-2-14-5-3-8-18(13-14)23-21(26)22-17-11-9-15(10-12-17)19-24-20(27-25-19)16-6-4-7-16/h3,5,8-13,16H,2,4,6-7H2,1H3,(H2,22,23,26). The van der Waals surface area contributed by atoms with Gasteiger partial charge in [0.1, 0.15) is 0 Å². The van der Waals surface area contributed by atoms with E-state index >= 15 is 0 Å². The Morgan fingerprint density at radius 3 is 2.59 bits per heavy atom. The third-order valence-electron chi connectivity index (χ3n) is 4.89. The number of aryl methyl sites for hydroxylation is 1. The lowest BCUT2D eigenvalue weighted by Crippen LogP contribution is -2.19. The molecule has 27 heavy (non-hydrogen) atoms. The van der Waals surface area contributed by atoms with E-state index in [2.05, 4.69) is 27.7 Å². The van der Waals surface area contributed by atoms with Crippen LogP contribution in [0.3, 0.4) is 0 Å². The van der Waals surface area contributed by atoms with Gasteiger partial charge in [-0.2, -0.15) is 4.98 Å². The van der Waals surface area contributed by atoms with Crippen molar-refractivity contribution >= 4 is 17.4 Å². The van der Waals surface area contributed by atoms with Crippen LogP contribution in [0.15, 0.2) is 53.1 Å². The van der Waals surface area contributed by atoms with Gasteiger partial charge < -0.3 is 15.2 Å². The van der Waals surface area contributed by atoms with E-state index in [9.17, 15) is 4.79 Å². The molecule has 0 aliphatic heterocycles. The molecule has 4 rings (SSSR count). The minimum Gasteiger partial charge on any atom is -0.339 e. The largest absolute Gasteiger partial charge is 0.339 e. The van der Waals surface area contributed by atoms with Crippen LogP contribution in [0, 0.1) is 0 Å². The van der Waals surface area contributed by atoms with Gasteiger partial charge in [-0.1, -0.05) is 30.6 Å². The summed E-state index contributed by atoms with van der Waals surface area (Å²) in [7, 11) is 0. The van der Waals surface area contributed by atoms with Crippen LogP contribution in [-0.2, 0) is 6.42 Å². The number of urea groups is 1. The van der Waals surface area contributed by atoms with Gasteiger partial charge in [-0.3, -0.25) is 0 Å². The summed E-state index contributed by atoms with van der Waals surface area (Å²) in [5, 5.41) is 9.75. The quantitative estimate of drug-likeness (QED) is 0.653. The lowest BCUT2D eigenvalue weighted by molar-refractivity contribution is 0.262. The molecule has 1 aliphatic carbocycles. The van der Waals surface area contributed by atoms with Gasteiger partial charge in [-0.15, -0.1) is 0 Å². The molecule has 0 spiro atoms. The summed E-state index contributed by atoms with van der Waals surface area (Å²) < 4.78 is 5.36. The highest BCUT2D eigenvalue weighted by Crippen LogP contribution is 2.36. The maximum atomic E-state index is 12.2. The smallest absolute Gasteiger partial charge is 0.323 e. The molecule has 2 amide bonds. The molecule has 1 aliphatic rings. The van der Waals surface area contributed by atoms with Crippen molar-refractivity contribution in [1.29, 1.82) is 0 Å². The van der Waals surface area contributed by atoms with Gasteiger partial charge in [0.2, 0.25) is 11.7 Å². The summed E-state index contributed by atoms with van der Waals surface area (Å²) in [6, 6.07) is 15.0. The summed E-state index contributed by atoms with van der Waals surface area (Å²) >= 11 is 0. The average Bonchev–Trinajstić information content (AvgIpc) is 3.10. The third kappa shape index (κ3) is 4.00. The van der Waals surface area contributed by atoms with Crippen LogP contribution in [0.5, 0.6) is 0 Å². The van der Waals surface area contributed by atoms with Crippen LogP contribution in [0.25, 0.3) is 11.4 Å². The Kier molecular flexibility index (Phi) is 4.87. The summed E-state index contributed by atoms with van der Waals surface area (Å²) in [5.41, 5.74) is 3.52. The molecule has 6 nitrogen and oxygen atoms in total. The molecule has 1 fully saturated rings. The first-order chi connectivity index (χ1) is 13.2. The molecule has 0 saturated heterocycles. The summed E-state index contributed by atoms with van der Waals surface area (Å²) in [5.74, 6) is 1.73. The molecule has 2 aromatic carbocycles. The van der Waals surface area contributed by atoms with Crippen molar-refractivity contribution in [2.45, 2.75) is 38.5 Å². The predicted molar refractivity (Wildman–Crippen MR) is 105 cm³/mol. The number of carbonyl (C=O) groups excluding carboxylic acids is 1. The van der Waals surface area contributed by atoms with Gasteiger partial charge >= 0.3 is 6.03 Å². The van der Waals surface area contributed by atoms with E-state index < -0.39 is 0 Å². The highest BCUT2D eigenvalue weighted by Gasteiger charge is 2.25. The monoisotopic (exact) mass is 362 g/mol. The first kappa shape index (κ1) is 17.3. The molecule has 1 saturated carbocycles. The summed E-state index contributed by atoms with van der Waals surface area (Å²) in [6.45, 7) is 2.08. The number of anilines is 2. The fraction of sp³-hybridized carbons (Fsp3) is 0.286. The Morgan fingerprint density at radius 1 is 1.11 bits per heavy atom.